The molecule has 2 rings (SSSR count). The van der Waals surface area contributed by atoms with Crippen LogP contribution in [-0.4, -0.2) is 18.5 Å². The molecule has 0 unspecified atom stereocenters. The van der Waals surface area contributed by atoms with Gasteiger partial charge in [-0.1, -0.05) is 24.3 Å². The third-order valence-electron chi connectivity index (χ3n) is 3.50. The Labute approximate surface area is 134 Å². The summed E-state index contributed by atoms with van der Waals surface area (Å²) in [6.45, 7) is 3.83. The smallest absolute Gasteiger partial charge is 0.262 e. The van der Waals surface area contributed by atoms with Crippen LogP contribution in [-0.2, 0) is 16.0 Å². The molecule has 0 heterocycles. The van der Waals surface area contributed by atoms with Crippen molar-refractivity contribution in [3.8, 4) is 5.75 Å². The Morgan fingerprint density at radius 2 is 1.78 bits per heavy atom. The van der Waals surface area contributed by atoms with Gasteiger partial charge in [-0.3, -0.25) is 4.79 Å². The summed E-state index contributed by atoms with van der Waals surface area (Å²) >= 11 is 0. The van der Waals surface area contributed by atoms with E-state index in [0.717, 1.165) is 11.1 Å². The van der Waals surface area contributed by atoms with Gasteiger partial charge in [0.05, 0.1) is 0 Å². The zero-order valence-electron chi connectivity index (χ0n) is 13.1. The van der Waals surface area contributed by atoms with Crippen molar-refractivity contribution >= 4 is 17.6 Å². The van der Waals surface area contributed by atoms with Crippen LogP contribution in [0.25, 0.3) is 0 Å². The van der Waals surface area contributed by atoms with Crippen LogP contribution in [0.15, 0.2) is 42.5 Å². The number of rotatable bonds is 6. The minimum Gasteiger partial charge on any atom is -0.550 e. The molecular weight excluding hydrogens is 294 g/mol. The highest BCUT2D eigenvalue weighted by atomic mass is 16.5. The number of carbonyl (C=O) groups excluding carboxylic acids is 2. The number of amides is 1. The highest BCUT2D eigenvalue weighted by molar-refractivity contribution is 5.91. The molecule has 1 amide bonds. The van der Waals surface area contributed by atoms with Crippen molar-refractivity contribution in [1.82, 2.24) is 0 Å². The van der Waals surface area contributed by atoms with Crippen molar-refractivity contribution in [2.75, 3.05) is 11.9 Å². The van der Waals surface area contributed by atoms with Gasteiger partial charge in [-0.05, 0) is 48.7 Å². The molecule has 2 aromatic carbocycles. The van der Waals surface area contributed by atoms with Crippen LogP contribution < -0.4 is 15.2 Å². The van der Waals surface area contributed by atoms with E-state index in [0.29, 0.717) is 17.0 Å². The average molecular weight is 312 g/mol. The Morgan fingerprint density at radius 1 is 1.09 bits per heavy atom. The van der Waals surface area contributed by atoms with Crippen molar-refractivity contribution in [1.29, 1.82) is 0 Å². The Balaban J connectivity index is 1.89. The van der Waals surface area contributed by atoms with Crippen LogP contribution >= 0.6 is 0 Å². The third-order valence-corrected chi connectivity index (χ3v) is 3.50. The molecule has 23 heavy (non-hydrogen) atoms. The van der Waals surface area contributed by atoms with Crippen molar-refractivity contribution in [3.63, 3.8) is 0 Å². The molecule has 0 aromatic heterocycles. The van der Waals surface area contributed by atoms with Crippen LogP contribution in [0.5, 0.6) is 5.75 Å². The molecule has 0 atom stereocenters. The van der Waals surface area contributed by atoms with E-state index >= 15 is 0 Å². The number of hydrogen-bond donors (Lipinski definition) is 1. The van der Waals surface area contributed by atoms with Gasteiger partial charge in [0, 0.05) is 18.1 Å². The third kappa shape index (κ3) is 4.85. The fourth-order valence-electron chi connectivity index (χ4n) is 2.09. The molecule has 0 radical (unpaired) electrons. The van der Waals surface area contributed by atoms with Crippen molar-refractivity contribution in [2.45, 2.75) is 20.3 Å². The summed E-state index contributed by atoms with van der Waals surface area (Å²) in [7, 11) is 0. The summed E-state index contributed by atoms with van der Waals surface area (Å²) in [5.74, 6) is -0.730. The van der Waals surface area contributed by atoms with E-state index in [-0.39, 0.29) is 18.9 Å². The first kappa shape index (κ1) is 16.5. The topological polar surface area (TPSA) is 78.5 Å². The molecule has 0 saturated carbocycles. The SMILES string of the molecule is Cc1cccc(OCC(=O)Nc2ccc(CC(=O)[O-])cc2)c1C. The summed E-state index contributed by atoms with van der Waals surface area (Å²) in [5.41, 5.74) is 3.31. The van der Waals surface area contributed by atoms with Crippen LogP contribution in [0.4, 0.5) is 5.69 Å². The molecule has 5 heteroatoms. The molecule has 0 saturated heterocycles. The molecule has 0 spiro atoms. The van der Waals surface area contributed by atoms with E-state index in [1.165, 1.54) is 0 Å². The van der Waals surface area contributed by atoms with E-state index in [2.05, 4.69) is 5.32 Å². The Bertz CT molecular complexity index is 707. The molecule has 0 aliphatic heterocycles. The number of benzene rings is 2. The largest absolute Gasteiger partial charge is 0.550 e. The monoisotopic (exact) mass is 312 g/mol. The molecule has 0 bridgehead atoms. The van der Waals surface area contributed by atoms with Gasteiger partial charge < -0.3 is 20.0 Å². The summed E-state index contributed by atoms with van der Waals surface area (Å²) in [4.78, 5) is 22.4. The maximum atomic E-state index is 11.9. The van der Waals surface area contributed by atoms with Gasteiger partial charge in [-0.15, -0.1) is 0 Å². The standard InChI is InChI=1S/C18H19NO4/c1-12-4-3-5-16(13(12)2)23-11-17(20)19-15-8-6-14(7-9-15)10-18(21)22/h3-9H,10-11H2,1-2H3,(H,19,20)(H,21,22)/p-1. The van der Waals surface area contributed by atoms with E-state index in [4.69, 9.17) is 4.74 Å². The second-order valence-electron chi connectivity index (χ2n) is 5.28. The molecule has 0 aliphatic carbocycles. The quantitative estimate of drug-likeness (QED) is 0.879. The molecule has 0 aliphatic rings. The number of aryl methyl sites for hydroxylation is 1. The van der Waals surface area contributed by atoms with Crippen molar-refractivity contribution in [2.24, 2.45) is 0 Å². The summed E-state index contributed by atoms with van der Waals surface area (Å²) in [6.07, 6.45) is -0.149. The first-order chi connectivity index (χ1) is 11.0. The maximum Gasteiger partial charge on any atom is 0.262 e. The average Bonchev–Trinajstić information content (AvgIpc) is 2.50. The summed E-state index contributed by atoms with van der Waals surface area (Å²) in [6, 6.07) is 12.3. The van der Waals surface area contributed by atoms with Gasteiger partial charge in [0.15, 0.2) is 6.61 Å². The van der Waals surface area contributed by atoms with Crippen molar-refractivity contribution in [3.05, 3.63) is 59.2 Å². The first-order valence-corrected chi connectivity index (χ1v) is 7.23. The van der Waals surface area contributed by atoms with Crippen LogP contribution in [0.3, 0.4) is 0 Å². The van der Waals surface area contributed by atoms with Crippen LogP contribution in [0, 0.1) is 13.8 Å². The van der Waals surface area contributed by atoms with Gasteiger partial charge in [0.25, 0.3) is 5.91 Å². The van der Waals surface area contributed by atoms with Crippen molar-refractivity contribution < 1.29 is 19.4 Å². The lowest BCUT2D eigenvalue weighted by Crippen LogP contribution is -2.24. The summed E-state index contributed by atoms with van der Waals surface area (Å²) < 4.78 is 5.53. The summed E-state index contributed by atoms with van der Waals surface area (Å²) in [5, 5.41) is 13.2. The lowest BCUT2D eigenvalue weighted by Gasteiger charge is -2.11. The molecule has 0 fully saturated rings. The number of anilines is 1. The number of hydrogen-bond acceptors (Lipinski definition) is 4. The number of aliphatic carboxylic acids is 1. The zero-order chi connectivity index (χ0) is 16.8. The second-order valence-corrected chi connectivity index (χ2v) is 5.28. The number of nitrogens with one attached hydrogen (secondary N) is 1. The molecular formula is C18H18NO4-. The zero-order valence-corrected chi connectivity index (χ0v) is 13.1. The van der Waals surface area contributed by atoms with Gasteiger partial charge in [0.2, 0.25) is 0 Å². The lowest BCUT2D eigenvalue weighted by atomic mass is 10.1. The van der Waals surface area contributed by atoms with E-state index in [1.54, 1.807) is 24.3 Å². The number of carboxylic acids is 1. The predicted molar refractivity (Wildman–Crippen MR) is 85.2 cm³/mol. The highest BCUT2D eigenvalue weighted by Crippen LogP contribution is 2.20. The molecule has 2 aromatic rings. The number of carboxylic acid groups (broad SMARTS) is 1. The Hall–Kier alpha value is -2.82. The minimum absolute atomic E-state index is 0.0922. The Kier molecular flexibility index (Phi) is 5.36. The minimum atomic E-state index is -1.14. The van der Waals surface area contributed by atoms with Gasteiger partial charge in [-0.2, -0.15) is 0 Å². The fourth-order valence-corrected chi connectivity index (χ4v) is 2.09. The van der Waals surface area contributed by atoms with Crippen LogP contribution in [0.1, 0.15) is 16.7 Å². The predicted octanol–water partition coefficient (Wildman–Crippen LogP) is 1.61. The maximum absolute atomic E-state index is 11.9. The molecule has 5 nitrogen and oxygen atoms in total. The van der Waals surface area contributed by atoms with Gasteiger partial charge in [0.1, 0.15) is 5.75 Å². The Morgan fingerprint density at radius 3 is 2.43 bits per heavy atom. The van der Waals surface area contributed by atoms with Crippen LogP contribution in [0.2, 0.25) is 0 Å². The molecule has 120 valence electrons. The van der Waals surface area contributed by atoms with Gasteiger partial charge >= 0.3 is 0 Å². The normalized spacial score (nSPS) is 10.2. The fraction of sp³-hybridized carbons (Fsp3) is 0.222. The number of carbonyl (C=O) groups is 2. The van der Waals surface area contributed by atoms with E-state index < -0.39 is 5.97 Å². The van der Waals surface area contributed by atoms with Gasteiger partial charge in [-0.25, -0.2) is 0 Å². The first-order valence-electron chi connectivity index (χ1n) is 7.23. The highest BCUT2D eigenvalue weighted by Gasteiger charge is 2.06. The number of ether oxygens (including phenoxy) is 1. The molecule has 1 N–H and O–H groups in total. The van der Waals surface area contributed by atoms with E-state index in [1.807, 2.05) is 32.0 Å². The second kappa shape index (κ2) is 7.45. The van der Waals surface area contributed by atoms with E-state index in [9.17, 15) is 14.7 Å². The lowest BCUT2D eigenvalue weighted by molar-refractivity contribution is -0.304.